The van der Waals surface area contributed by atoms with Gasteiger partial charge in [-0.05, 0) is 36.8 Å². The Morgan fingerprint density at radius 2 is 2.15 bits per heavy atom. The van der Waals surface area contributed by atoms with Gasteiger partial charge in [0, 0.05) is 17.1 Å². The molecule has 0 bridgehead atoms. The molecule has 0 aliphatic heterocycles. The number of nitrogens with zero attached hydrogens (tertiary/aromatic N) is 1. The summed E-state index contributed by atoms with van der Waals surface area (Å²) in [7, 11) is 0. The number of amides is 1. The zero-order valence-corrected chi connectivity index (χ0v) is 11.9. The summed E-state index contributed by atoms with van der Waals surface area (Å²) in [6, 6.07) is 10.4. The molecule has 104 valence electrons. The monoisotopic (exact) mass is 289 g/mol. The van der Waals surface area contributed by atoms with E-state index in [2.05, 4.69) is 22.5 Å². The van der Waals surface area contributed by atoms with Crippen LogP contribution in [0.5, 0.6) is 0 Å². The van der Waals surface area contributed by atoms with Gasteiger partial charge in [0.1, 0.15) is 5.82 Å². The fourth-order valence-corrected chi connectivity index (χ4v) is 1.85. The number of pyridine rings is 1. The molecule has 0 saturated heterocycles. The van der Waals surface area contributed by atoms with Crippen molar-refractivity contribution in [1.29, 1.82) is 0 Å². The first kappa shape index (κ1) is 14.3. The van der Waals surface area contributed by atoms with E-state index in [0.29, 0.717) is 16.4 Å². The van der Waals surface area contributed by atoms with Crippen LogP contribution in [0.25, 0.3) is 0 Å². The van der Waals surface area contributed by atoms with Crippen LogP contribution < -0.4 is 10.6 Å². The molecule has 0 fully saturated rings. The van der Waals surface area contributed by atoms with Crippen LogP contribution in [0.4, 0.5) is 11.5 Å². The van der Waals surface area contributed by atoms with Gasteiger partial charge in [0.2, 0.25) is 0 Å². The summed E-state index contributed by atoms with van der Waals surface area (Å²) in [6.45, 7) is 3.00. The van der Waals surface area contributed by atoms with Gasteiger partial charge in [0.25, 0.3) is 5.91 Å². The third-order valence-electron chi connectivity index (χ3n) is 2.67. The summed E-state index contributed by atoms with van der Waals surface area (Å²) < 4.78 is 0. The number of halogens is 1. The van der Waals surface area contributed by atoms with Crippen LogP contribution >= 0.6 is 11.6 Å². The number of carbonyl (C=O) groups is 1. The summed E-state index contributed by atoms with van der Waals surface area (Å²) in [5, 5.41) is 6.49. The molecule has 1 heterocycles. The van der Waals surface area contributed by atoms with E-state index in [1.807, 2.05) is 6.07 Å². The number of rotatable bonds is 5. The van der Waals surface area contributed by atoms with Gasteiger partial charge in [-0.2, -0.15) is 0 Å². The first-order valence-electron chi connectivity index (χ1n) is 6.46. The Balaban J connectivity index is 2.01. The molecular weight excluding hydrogens is 274 g/mol. The summed E-state index contributed by atoms with van der Waals surface area (Å²) in [4.78, 5) is 16.2. The molecule has 0 spiro atoms. The van der Waals surface area contributed by atoms with Gasteiger partial charge < -0.3 is 10.6 Å². The molecule has 0 saturated carbocycles. The van der Waals surface area contributed by atoms with Gasteiger partial charge in [-0.15, -0.1) is 0 Å². The minimum absolute atomic E-state index is 0.228. The predicted octanol–water partition coefficient (Wildman–Crippen LogP) is 3.81. The van der Waals surface area contributed by atoms with Crippen LogP contribution in [0.3, 0.4) is 0 Å². The molecule has 2 N–H and O–H groups in total. The number of anilines is 2. The van der Waals surface area contributed by atoms with Gasteiger partial charge in [0.05, 0.1) is 11.9 Å². The molecular formula is C15H16ClN3O. The zero-order valence-electron chi connectivity index (χ0n) is 11.2. The number of hydrogen-bond donors (Lipinski definition) is 2. The van der Waals surface area contributed by atoms with E-state index in [9.17, 15) is 4.79 Å². The fraction of sp³-hybridized carbons (Fsp3) is 0.200. The molecule has 0 aliphatic carbocycles. The Kier molecular flexibility index (Phi) is 4.96. The molecule has 0 atom stereocenters. The first-order chi connectivity index (χ1) is 9.69. The van der Waals surface area contributed by atoms with Gasteiger partial charge in [0.15, 0.2) is 0 Å². The van der Waals surface area contributed by atoms with Crippen LogP contribution in [-0.4, -0.2) is 17.4 Å². The molecule has 0 aliphatic rings. The Morgan fingerprint density at radius 1 is 1.30 bits per heavy atom. The second-order valence-corrected chi connectivity index (χ2v) is 4.76. The van der Waals surface area contributed by atoms with Gasteiger partial charge in [-0.25, -0.2) is 4.98 Å². The number of carbonyl (C=O) groups excluding carboxylic acids is 1. The van der Waals surface area contributed by atoms with E-state index in [4.69, 9.17) is 11.6 Å². The molecule has 1 aromatic heterocycles. The van der Waals surface area contributed by atoms with Crippen LogP contribution in [0.15, 0.2) is 42.6 Å². The molecule has 2 aromatic rings. The second-order valence-electron chi connectivity index (χ2n) is 4.32. The average Bonchev–Trinajstić information content (AvgIpc) is 2.46. The third kappa shape index (κ3) is 3.96. The second kappa shape index (κ2) is 6.91. The quantitative estimate of drug-likeness (QED) is 0.880. The van der Waals surface area contributed by atoms with Crippen LogP contribution in [0.2, 0.25) is 5.02 Å². The van der Waals surface area contributed by atoms with Gasteiger partial charge in [-0.3, -0.25) is 4.79 Å². The van der Waals surface area contributed by atoms with Crippen molar-refractivity contribution in [3.05, 3.63) is 53.2 Å². The smallest absolute Gasteiger partial charge is 0.256 e. The number of aromatic nitrogens is 1. The average molecular weight is 290 g/mol. The van der Waals surface area contributed by atoms with Crippen molar-refractivity contribution in [2.45, 2.75) is 13.3 Å². The van der Waals surface area contributed by atoms with Crippen molar-refractivity contribution in [3.8, 4) is 0 Å². The Labute approximate surface area is 123 Å². The highest BCUT2D eigenvalue weighted by atomic mass is 35.5. The van der Waals surface area contributed by atoms with Crippen molar-refractivity contribution in [1.82, 2.24) is 4.98 Å². The first-order valence-corrected chi connectivity index (χ1v) is 6.83. The Morgan fingerprint density at radius 3 is 2.80 bits per heavy atom. The third-order valence-corrected chi connectivity index (χ3v) is 2.91. The number of benzene rings is 1. The minimum atomic E-state index is -0.228. The van der Waals surface area contributed by atoms with E-state index >= 15 is 0 Å². The van der Waals surface area contributed by atoms with E-state index in [1.165, 1.54) is 0 Å². The van der Waals surface area contributed by atoms with Crippen molar-refractivity contribution in [2.75, 3.05) is 17.2 Å². The van der Waals surface area contributed by atoms with E-state index in [-0.39, 0.29) is 5.91 Å². The fourth-order valence-electron chi connectivity index (χ4n) is 1.66. The summed E-state index contributed by atoms with van der Waals surface area (Å²) in [5.41, 5.74) is 1.44. The largest absolute Gasteiger partial charge is 0.384 e. The summed E-state index contributed by atoms with van der Waals surface area (Å²) >= 11 is 5.86. The number of nitrogens with one attached hydrogen (secondary N) is 2. The van der Waals surface area contributed by atoms with Gasteiger partial charge in [-0.1, -0.05) is 24.6 Å². The highest BCUT2D eigenvalue weighted by Gasteiger charge is 2.07. The molecule has 20 heavy (non-hydrogen) atoms. The highest BCUT2D eigenvalue weighted by molar-refractivity contribution is 6.31. The maximum atomic E-state index is 12.0. The molecule has 0 radical (unpaired) electrons. The molecule has 4 nitrogen and oxygen atoms in total. The van der Waals surface area contributed by atoms with Crippen molar-refractivity contribution >= 4 is 29.0 Å². The highest BCUT2D eigenvalue weighted by Crippen LogP contribution is 2.14. The summed E-state index contributed by atoms with van der Waals surface area (Å²) in [6.07, 6.45) is 2.75. The Hall–Kier alpha value is -2.07. The molecule has 1 aromatic carbocycles. The maximum absolute atomic E-state index is 12.0. The van der Waals surface area contributed by atoms with E-state index in [1.54, 1.807) is 36.5 Å². The lowest BCUT2D eigenvalue weighted by atomic mass is 10.2. The van der Waals surface area contributed by atoms with Gasteiger partial charge >= 0.3 is 0 Å². The molecule has 0 unspecified atom stereocenters. The van der Waals surface area contributed by atoms with Crippen molar-refractivity contribution < 1.29 is 4.79 Å². The van der Waals surface area contributed by atoms with Crippen LogP contribution in [0.1, 0.15) is 23.7 Å². The molecule has 1 amide bonds. The predicted molar refractivity (Wildman–Crippen MR) is 82.4 cm³/mol. The summed E-state index contributed by atoms with van der Waals surface area (Å²) in [5.74, 6) is 0.284. The standard InChI is InChI=1S/C15H16ClN3O/c1-2-8-17-13-6-7-14(18-10-13)19-15(20)11-4-3-5-12(16)9-11/h3-7,9-10,17H,2,8H2,1H3,(H,18,19,20). The topological polar surface area (TPSA) is 54.0 Å². The lowest BCUT2D eigenvalue weighted by molar-refractivity contribution is 0.102. The Bertz CT molecular complexity index is 584. The SMILES string of the molecule is CCCNc1ccc(NC(=O)c2cccc(Cl)c2)nc1. The van der Waals surface area contributed by atoms with E-state index in [0.717, 1.165) is 18.7 Å². The lowest BCUT2D eigenvalue weighted by Gasteiger charge is -2.07. The van der Waals surface area contributed by atoms with Crippen LogP contribution in [-0.2, 0) is 0 Å². The normalized spacial score (nSPS) is 10.1. The lowest BCUT2D eigenvalue weighted by Crippen LogP contribution is -2.13. The van der Waals surface area contributed by atoms with Crippen molar-refractivity contribution in [3.63, 3.8) is 0 Å². The maximum Gasteiger partial charge on any atom is 0.256 e. The zero-order chi connectivity index (χ0) is 14.4. The van der Waals surface area contributed by atoms with Crippen LogP contribution in [0, 0.1) is 0 Å². The molecule has 5 heteroatoms. The van der Waals surface area contributed by atoms with Crippen molar-refractivity contribution in [2.24, 2.45) is 0 Å². The molecule has 2 rings (SSSR count). The number of hydrogen-bond acceptors (Lipinski definition) is 3. The minimum Gasteiger partial charge on any atom is -0.384 e. The van der Waals surface area contributed by atoms with E-state index < -0.39 is 0 Å².